The van der Waals surface area contributed by atoms with Crippen LogP contribution in [0, 0.1) is 5.82 Å². The molecule has 0 saturated carbocycles. The molecule has 0 aliphatic carbocycles. The van der Waals surface area contributed by atoms with Crippen molar-refractivity contribution in [2.24, 2.45) is 0 Å². The number of halogens is 3. The van der Waals surface area contributed by atoms with Crippen LogP contribution in [-0.2, 0) is 4.79 Å². The summed E-state index contributed by atoms with van der Waals surface area (Å²) in [4.78, 5) is 10.1. The van der Waals surface area contributed by atoms with Crippen molar-refractivity contribution >= 4 is 23.6 Å². The third kappa shape index (κ3) is 2.53. The maximum absolute atomic E-state index is 12.6. The first kappa shape index (κ1) is 10.7. The van der Waals surface area contributed by atoms with E-state index in [1.165, 1.54) is 6.07 Å². The van der Waals surface area contributed by atoms with Crippen LogP contribution in [-0.4, -0.2) is 11.1 Å². The summed E-state index contributed by atoms with van der Waals surface area (Å²) in [6, 6.07) is 3.23. The molecule has 14 heavy (non-hydrogen) atoms. The predicted octanol–water partition coefficient (Wildman–Crippen LogP) is 2.87. The fourth-order valence-corrected chi connectivity index (χ4v) is 1.04. The second-order valence-corrected chi connectivity index (χ2v) is 2.87. The molecular weight excluding hydrogens is 214 g/mol. The minimum atomic E-state index is -1.69. The molecule has 1 aromatic rings. The Balaban J connectivity index is 3.09. The van der Waals surface area contributed by atoms with Gasteiger partial charge in [-0.05, 0) is 23.8 Å². The molecule has 0 aromatic heterocycles. The smallest absolute Gasteiger partial charge is 0.364 e. The lowest BCUT2D eigenvalue weighted by atomic mass is 10.2. The van der Waals surface area contributed by atoms with Gasteiger partial charge in [0.15, 0.2) is 0 Å². The van der Waals surface area contributed by atoms with E-state index in [1.54, 1.807) is 0 Å². The lowest BCUT2D eigenvalue weighted by molar-refractivity contribution is -0.134. The molecule has 74 valence electrons. The van der Waals surface area contributed by atoms with Crippen molar-refractivity contribution in [3.8, 4) is 0 Å². The summed E-state index contributed by atoms with van der Waals surface area (Å²) < 4.78 is 25.1. The number of carbonyl (C=O) groups is 1. The van der Waals surface area contributed by atoms with Gasteiger partial charge in [-0.3, -0.25) is 0 Å². The maximum Gasteiger partial charge on any atom is 0.364 e. The van der Waals surface area contributed by atoms with Crippen LogP contribution in [0.15, 0.2) is 24.0 Å². The first-order chi connectivity index (χ1) is 6.50. The first-order valence-corrected chi connectivity index (χ1v) is 3.94. The number of benzene rings is 1. The molecule has 0 radical (unpaired) electrons. The number of aliphatic carboxylic acids is 1. The van der Waals surface area contributed by atoms with Crippen LogP contribution in [0.25, 0.3) is 6.08 Å². The van der Waals surface area contributed by atoms with E-state index in [0.717, 1.165) is 18.2 Å². The Kier molecular flexibility index (Phi) is 3.19. The number of carboxylic acid groups (broad SMARTS) is 1. The summed E-state index contributed by atoms with van der Waals surface area (Å²) in [6.07, 6.45) is 0.726. The highest BCUT2D eigenvalue weighted by atomic mass is 35.5. The average molecular weight is 219 g/mol. The third-order valence-electron chi connectivity index (χ3n) is 1.45. The second kappa shape index (κ2) is 4.19. The van der Waals surface area contributed by atoms with Crippen molar-refractivity contribution in [1.29, 1.82) is 0 Å². The van der Waals surface area contributed by atoms with Crippen molar-refractivity contribution < 1.29 is 18.7 Å². The highest BCUT2D eigenvalue weighted by Crippen LogP contribution is 2.20. The summed E-state index contributed by atoms with van der Waals surface area (Å²) in [7, 11) is 0. The molecule has 1 N–H and O–H groups in total. The summed E-state index contributed by atoms with van der Waals surface area (Å²) in [5, 5.41) is 8.19. The molecule has 1 aromatic carbocycles. The zero-order valence-corrected chi connectivity index (χ0v) is 7.55. The Labute approximate surface area is 83.4 Å². The van der Waals surface area contributed by atoms with Crippen LogP contribution >= 0.6 is 11.6 Å². The molecule has 0 fully saturated rings. The Bertz CT molecular complexity index is 402. The summed E-state index contributed by atoms with van der Waals surface area (Å²) in [5.41, 5.74) is 0.118. The van der Waals surface area contributed by atoms with Crippen LogP contribution in [0.3, 0.4) is 0 Å². The first-order valence-electron chi connectivity index (χ1n) is 3.56. The zero-order valence-electron chi connectivity index (χ0n) is 6.80. The van der Waals surface area contributed by atoms with E-state index in [9.17, 15) is 13.6 Å². The Hall–Kier alpha value is -1.42. The molecule has 0 aliphatic rings. The quantitative estimate of drug-likeness (QED) is 0.775. The lowest BCUT2D eigenvalue weighted by Crippen LogP contribution is -1.94. The van der Waals surface area contributed by atoms with E-state index in [-0.39, 0.29) is 10.6 Å². The van der Waals surface area contributed by atoms with Crippen molar-refractivity contribution in [2.45, 2.75) is 0 Å². The van der Waals surface area contributed by atoms with Gasteiger partial charge in [0.05, 0.1) is 5.02 Å². The summed E-state index contributed by atoms with van der Waals surface area (Å²) in [5.74, 6) is -3.60. The molecule has 1 rings (SSSR count). The molecule has 0 atom stereocenters. The van der Waals surface area contributed by atoms with Gasteiger partial charge < -0.3 is 5.11 Å². The molecule has 0 saturated heterocycles. The molecule has 2 nitrogen and oxygen atoms in total. The Morgan fingerprint density at radius 3 is 2.64 bits per heavy atom. The largest absolute Gasteiger partial charge is 0.476 e. The standard InChI is InChI=1S/C9H5ClF2O2/c10-7-4-6(11)2-1-5(7)3-8(12)9(13)14/h1-4H,(H,13,14)/b8-3-. The summed E-state index contributed by atoms with van der Waals surface area (Å²) in [6.45, 7) is 0. The van der Waals surface area contributed by atoms with Gasteiger partial charge in [-0.25, -0.2) is 9.18 Å². The van der Waals surface area contributed by atoms with Crippen LogP contribution in [0.2, 0.25) is 5.02 Å². The topological polar surface area (TPSA) is 37.3 Å². The lowest BCUT2D eigenvalue weighted by Gasteiger charge is -1.97. The van der Waals surface area contributed by atoms with Crippen LogP contribution < -0.4 is 0 Å². The molecule has 0 heterocycles. The van der Waals surface area contributed by atoms with Gasteiger partial charge in [0.25, 0.3) is 0 Å². The van der Waals surface area contributed by atoms with Crippen LogP contribution in [0.4, 0.5) is 8.78 Å². The van der Waals surface area contributed by atoms with Gasteiger partial charge in [-0.2, -0.15) is 4.39 Å². The zero-order chi connectivity index (χ0) is 10.7. The van der Waals surface area contributed by atoms with Crippen molar-refractivity contribution in [3.05, 3.63) is 40.4 Å². The normalized spacial score (nSPS) is 11.5. The fourth-order valence-electron chi connectivity index (χ4n) is 0.817. The average Bonchev–Trinajstić information content (AvgIpc) is 2.09. The van der Waals surface area contributed by atoms with Gasteiger partial charge in [-0.1, -0.05) is 17.7 Å². The SMILES string of the molecule is O=C(O)/C(F)=C/c1ccc(F)cc1Cl. The molecule has 0 spiro atoms. The molecule has 5 heteroatoms. The number of rotatable bonds is 2. The van der Waals surface area contributed by atoms with Gasteiger partial charge in [-0.15, -0.1) is 0 Å². The maximum atomic E-state index is 12.6. The van der Waals surface area contributed by atoms with Crippen LogP contribution in [0.5, 0.6) is 0 Å². The summed E-state index contributed by atoms with van der Waals surface area (Å²) >= 11 is 5.53. The van der Waals surface area contributed by atoms with Crippen molar-refractivity contribution in [2.75, 3.05) is 0 Å². The van der Waals surface area contributed by atoms with E-state index in [2.05, 4.69) is 0 Å². The van der Waals surface area contributed by atoms with Gasteiger partial charge in [0, 0.05) is 0 Å². The van der Waals surface area contributed by atoms with E-state index < -0.39 is 17.6 Å². The number of hydrogen-bond acceptors (Lipinski definition) is 1. The predicted molar refractivity (Wildman–Crippen MR) is 48.1 cm³/mol. The molecule has 0 bridgehead atoms. The highest BCUT2D eigenvalue weighted by molar-refractivity contribution is 6.32. The number of hydrogen-bond donors (Lipinski definition) is 1. The third-order valence-corrected chi connectivity index (χ3v) is 1.78. The number of carboxylic acids is 1. The molecule has 0 unspecified atom stereocenters. The highest BCUT2D eigenvalue weighted by Gasteiger charge is 2.07. The van der Waals surface area contributed by atoms with Gasteiger partial charge in [0.1, 0.15) is 5.82 Å². The Morgan fingerprint density at radius 2 is 2.14 bits per heavy atom. The molecular formula is C9H5ClF2O2. The Morgan fingerprint density at radius 1 is 1.50 bits per heavy atom. The van der Waals surface area contributed by atoms with E-state index in [0.29, 0.717) is 0 Å². The van der Waals surface area contributed by atoms with Crippen LogP contribution in [0.1, 0.15) is 5.56 Å². The fraction of sp³-hybridized carbons (Fsp3) is 0. The van der Waals surface area contributed by atoms with Crippen molar-refractivity contribution in [1.82, 2.24) is 0 Å². The minimum absolute atomic E-state index is 0.0404. The van der Waals surface area contributed by atoms with E-state index in [1.807, 2.05) is 0 Å². The molecule has 0 amide bonds. The molecule has 0 aliphatic heterocycles. The van der Waals surface area contributed by atoms with Crippen molar-refractivity contribution in [3.63, 3.8) is 0 Å². The minimum Gasteiger partial charge on any atom is -0.476 e. The van der Waals surface area contributed by atoms with Gasteiger partial charge >= 0.3 is 5.97 Å². The second-order valence-electron chi connectivity index (χ2n) is 2.46. The van der Waals surface area contributed by atoms with E-state index in [4.69, 9.17) is 16.7 Å². The van der Waals surface area contributed by atoms with E-state index >= 15 is 0 Å². The van der Waals surface area contributed by atoms with Gasteiger partial charge in [0.2, 0.25) is 5.83 Å². The monoisotopic (exact) mass is 218 g/mol.